The van der Waals surface area contributed by atoms with Crippen molar-refractivity contribution in [3.63, 3.8) is 0 Å². The van der Waals surface area contributed by atoms with Crippen LogP contribution in [0.4, 0.5) is 34.3 Å². The lowest BCUT2D eigenvalue weighted by molar-refractivity contribution is 1.20. The second-order valence-electron chi connectivity index (χ2n) is 23.2. The van der Waals surface area contributed by atoms with Crippen molar-refractivity contribution in [2.24, 2.45) is 0 Å². The zero-order chi connectivity index (χ0) is 57.6. The molecule has 0 saturated carbocycles. The number of thiophene rings is 2. The van der Waals surface area contributed by atoms with Crippen LogP contribution >= 0.6 is 22.7 Å². The van der Waals surface area contributed by atoms with Crippen molar-refractivity contribution in [1.29, 1.82) is 0 Å². The highest BCUT2D eigenvalue weighted by Gasteiger charge is 2.30. The maximum Gasteiger partial charge on any atom is 0.146 e. The summed E-state index contributed by atoms with van der Waals surface area (Å²) in [6, 6.07) is 103. The Morgan fingerprint density at radius 1 is 0.273 bits per heavy atom. The van der Waals surface area contributed by atoms with E-state index in [-0.39, 0.29) is 0 Å². The molecule has 0 unspecified atom stereocenters. The average molecular weight is 1150 g/mol. The molecule has 0 bridgehead atoms. The van der Waals surface area contributed by atoms with E-state index in [4.69, 9.17) is 9.97 Å². The molecule has 17 aromatic rings. The molecule has 4 nitrogen and oxygen atoms in total. The van der Waals surface area contributed by atoms with Gasteiger partial charge in [-0.05, 0) is 184 Å². The standard InChI is InChI=1S/C82H48N4S2/c1-2-15-49(16-3-1)50-31-35-57(36-32-50)86(58-39-40-64-65-27-13-19-53-20-14-28-66(76(53)65)69(64)46-58)81-79-68-25-9-10-29-74(68)87-80(79)72(48-84-81)54-43-55-44-59(47-71-63-23-7-6-22-62(63)70(45-54)77(55)71)85(73-41-42-83-82-78(73)67-24-8-11-30-75(67)88-82)56-37-33-52(34-38-56)61-26-12-18-51-17-4-5-21-60(51)61/h1-48H. The maximum atomic E-state index is 5.74. The van der Waals surface area contributed by atoms with Gasteiger partial charge in [0.25, 0.3) is 0 Å². The fourth-order valence-corrected chi connectivity index (χ4v) is 16.8. The fourth-order valence-electron chi connectivity index (χ4n) is 14.5. The van der Waals surface area contributed by atoms with Gasteiger partial charge in [0.1, 0.15) is 10.6 Å². The second kappa shape index (κ2) is 19.2. The van der Waals surface area contributed by atoms with E-state index in [2.05, 4.69) is 295 Å². The third kappa shape index (κ3) is 7.43. The van der Waals surface area contributed by atoms with Gasteiger partial charge in [-0.2, -0.15) is 0 Å². The van der Waals surface area contributed by atoms with E-state index in [9.17, 15) is 0 Å². The number of pyridine rings is 2. The van der Waals surface area contributed by atoms with Gasteiger partial charge in [-0.25, -0.2) is 9.97 Å². The molecule has 0 atom stereocenters. The molecule has 4 aromatic heterocycles. The summed E-state index contributed by atoms with van der Waals surface area (Å²) in [6.07, 6.45) is 4.13. The lowest BCUT2D eigenvalue weighted by atomic mass is 9.95. The Hall–Kier alpha value is -11.0. The average Bonchev–Trinajstić information content (AvgIpc) is 1.77. The van der Waals surface area contributed by atoms with E-state index in [0.717, 1.165) is 61.0 Å². The topological polar surface area (TPSA) is 32.3 Å². The van der Waals surface area contributed by atoms with Gasteiger partial charge in [0.05, 0.1) is 5.69 Å². The zero-order valence-electron chi connectivity index (χ0n) is 47.3. The van der Waals surface area contributed by atoms with Crippen LogP contribution in [0.5, 0.6) is 0 Å². The summed E-state index contributed by atoms with van der Waals surface area (Å²) in [7, 11) is 0. The number of benzene rings is 13. The summed E-state index contributed by atoms with van der Waals surface area (Å²) in [5, 5.41) is 12.1. The molecule has 6 heteroatoms. The lowest BCUT2D eigenvalue weighted by Crippen LogP contribution is -2.12. The summed E-state index contributed by atoms with van der Waals surface area (Å²) in [4.78, 5) is 16.6. The quantitative estimate of drug-likeness (QED) is 0.144. The van der Waals surface area contributed by atoms with Crippen molar-refractivity contribution < 1.29 is 0 Å². The van der Waals surface area contributed by atoms with Gasteiger partial charge in [0, 0.05) is 76.4 Å². The van der Waals surface area contributed by atoms with Crippen molar-refractivity contribution in [3.8, 4) is 77.9 Å². The van der Waals surface area contributed by atoms with Crippen LogP contribution in [0.15, 0.2) is 291 Å². The van der Waals surface area contributed by atoms with Crippen molar-refractivity contribution in [2.75, 3.05) is 9.80 Å². The molecular formula is C82H48N4S2. The molecule has 408 valence electrons. The minimum Gasteiger partial charge on any atom is -0.310 e. The van der Waals surface area contributed by atoms with Gasteiger partial charge < -0.3 is 4.90 Å². The molecule has 13 aromatic carbocycles. The Morgan fingerprint density at radius 2 is 0.830 bits per heavy atom. The van der Waals surface area contributed by atoms with E-state index >= 15 is 0 Å². The molecule has 19 rings (SSSR count). The van der Waals surface area contributed by atoms with Crippen LogP contribution in [0.25, 0.3) is 151 Å². The highest BCUT2D eigenvalue weighted by molar-refractivity contribution is 7.26. The molecule has 2 aliphatic rings. The molecule has 88 heavy (non-hydrogen) atoms. The summed E-state index contributed by atoms with van der Waals surface area (Å²) in [6.45, 7) is 0. The molecule has 0 spiro atoms. The number of aromatic nitrogens is 2. The molecule has 0 amide bonds. The van der Waals surface area contributed by atoms with Crippen LogP contribution < -0.4 is 9.80 Å². The second-order valence-corrected chi connectivity index (χ2v) is 25.2. The predicted molar refractivity (Wildman–Crippen MR) is 375 cm³/mol. The van der Waals surface area contributed by atoms with Crippen molar-refractivity contribution in [2.45, 2.75) is 0 Å². The molecular weight excluding hydrogens is 1110 g/mol. The van der Waals surface area contributed by atoms with Crippen LogP contribution in [0.1, 0.15) is 0 Å². The molecule has 0 aliphatic heterocycles. The normalized spacial score (nSPS) is 12.1. The van der Waals surface area contributed by atoms with Gasteiger partial charge in [0.2, 0.25) is 0 Å². The third-order valence-electron chi connectivity index (χ3n) is 18.4. The van der Waals surface area contributed by atoms with E-state index < -0.39 is 0 Å². The summed E-state index contributed by atoms with van der Waals surface area (Å²) < 4.78 is 3.63. The summed E-state index contributed by atoms with van der Waals surface area (Å²) >= 11 is 3.61. The summed E-state index contributed by atoms with van der Waals surface area (Å²) in [5.41, 5.74) is 22.3. The van der Waals surface area contributed by atoms with Crippen LogP contribution in [-0.4, -0.2) is 9.97 Å². The Balaban J connectivity index is 0.822. The van der Waals surface area contributed by atoms with E-state index in [1.165, 1.54) is 124 Å². The Kier molecular flexibility index (Phi) is 10.8. The number of rotatable bonds is 9. The van der Waals surface area contributed by atoms with E-state index in [1.807, 2.05) is 17.5 Å². The first-order chi connectivity index (χ1) is 43.6. The van der Waals surface area contributed by atoms with Crippen LogP contribution in [-0.2, 0) is 0 Å². The largest absolute Gasteiger partial charge is 0.310 e. The number of nitrogens with zero attached hydrogens (tertiary/aromatic N) is 4. The SMILES string of the molecule is c1ccc(-c2ccc(N(c3ccc4c(c3)-c3cccc5cccc-4c35)c3ncc(-c4cc5c6c(cc(N(c7ccc(-c8cccc9ccccc89)cc7)c7ccnc8sc9ccccc9c78)cc6c4)-c4ccccc4-5)c4sc5ccccc5c34)cc2)cc1. The highest BCUT2D eigenvalue weighted by Crippen LogP contribution is 2.56. The van der Waals surface area contributed by atoms with E-state index in [0.29, 0.717) is 0 Å². The molecule has 0 saturated heterocycles. The van der Waals surface area contributed by atoms with Crippen molar-refractivity contribution in [1.82, 2.24) is 9.97 Å². The Labute approximate surface area is 515 Å². The minimum absolute atomic E-state index is 0.893. The number of hydrogen-bond acceptors (Lipinski definition) is 6. The van der Waals surface area contributed by atoms with Crippen LogP contribution in [0.2, 0.25) is 0 Å². The minimum atomic E-state index is 0.893. The van der Waals surface area contributed by atoms with Crippen LogP contribution in [0.3, 0.4) is 0 Å². The first-order valence-electron chi connectivity index (χ1n) is 29.9. The van der Waals surface area contributed by atoms with E-state index in [1.54, 1.807) is 11.3 Å². The third-order valence-corrected chi connectivity index (χ3v) is 20.7. The van der Waals surface area contributed by atoms with Crippen molar-refractivity contribution >= 4 is 130 Å². The van der Waals surface area contributed by atoms with Gasteiger partial charge in [-0.1, -0.05) is 200 Å². The lowest BCUT2D eigenvalue weighted by Gasteiger charge is -2.27. The van der Waals surface area contributed by atoms with Crippen molar-refractivity contribution in [3.05, 3.63) is 291 Å². The monoisotopic (exact) mass is 1150 g/mol. The maximum absolute atomic E-state index is 5.74. The Morgan fingerprint density at radius 3 is 1.61 bits per heavy atom. The van der Waals surface area contributed by atoms with Gasteiger partial charge in [0.15, 0.2) is 0 Å². The van der Waals surface area contributed by atoms with Gasteiger partial charge >= 0.3 is 0 Å². The van der Waals surface area contributed by atoms with Gasteiger partial charge in [-0.3, -0.25) is 4.90 Å². The summed E-state index contributed by atoms with van der Waals surface area (Å²) in [5.74, 6) is 0.893. The zero-order valence-corrected chi connectivity index (χ0v) is 49.0. The number of fused-ring (bicyclic) bond motifs is 13. The number of hydrogen-bond donors (Lipinski definition) is 0. The molecule has 0 N–H and O–H groups in total. The fraction of sp³-hybridized carbons (Fsp3) is 0. The predicted octanol–water partition coefficient (Wildman–Crippen LogP) is 23.9. The molecule has 2 aliphatic carbocycles. The first kappa shape index (κ1) is 49.3. The smallest absolute Gasteiger partial charge is 0.146 e. The molecule has 4 heterocycles. The first-order valence-corrected chi connectivity index (χ1v) is 31.6. The molecule has 0 fully saturated rings. The molecule has 0 radical (unpaired) electrons. The highest BCUT2D eigenvalue weighted by atomic mass is 32.1. The number of anilines is 6. The Bertz CT molecular complexity index is 5750. The van der Waals surface area contributed by atoms with Crippen LogP contribution in [0, 0.1) is 0 Å². The van der Waals surface area contributed by atoms with Gasteiger partial charge in [-0.15, -0.1) is 22.7 Å².